The van der Waals surface area contributed by atoms with E-state index in [4.69, 9.17) is 0 Å². The number of carbonyl (C=O) groups is 1. The van der Waals surface area contributed by atoms with E-state index in [2.05, 4.69) is 30.6 Å². The van der Waals surface area contributed by atoms with Gasteiger partial charge in [-0.2, -0.15) is 10.1 Å². The highest BCUT2D eigenvalue weighted by Gasteiger charge is 2.17. The maximum Gasteiger partial charge on any atom is 0.260 e. The molecule has 4 rings (SSSR count). The molecule has 8 nitrogen and oxygen atoms in total. The van der Waals surface area contributed by atoms with Crippen LogP contribution in [-0.2, 0) is 7.05 Å². The van der Waals surface area contributed by atoms with Crippen LogP contribution in [0.3, 0.4) is 0 Å². The Kier molecular flexibility index (Phi) is 3.50. The molecule has 3 aromatic heterocycles. The van der Waals surface area contributed by atoms with E-state index in [1.807, 2.05) is 37.5 Å². The minimum absolute atomic E-state index is 0.205. The third kappa shape index (κ3) is 2.74. The Hall–Kier alpha value is -3.55. The van der Waals surface area contributed by atoms with Crippen molar-refractivity contribution in [2.45, 2.75) is 6.92 Å². The molecule has 4 aromatic rings. The molecule has 0 fully saturated rings. The van der Waals surface area contributed by atoms with Crippen molar-refractivity contribution in [2.75, 3.05) is 5.32 Å². The molecule has 0 aliphatic heterocycles. The van der Waals surface area contributed by atoms with Crippen LogP contribution < -0.4 is 5.32 Å². The Morgan fingerprint density at radius 1 is 1.24 bits per heavy atom. The van der Waals surface area contributed by atoms with Crippen molar-refractivity contribution in [2.24, 2.45) is 7.05 Å². The lowest BCUT2D eigenvalue weighted by molar-refractivity contribution is 0.102. The molecule has 0 atom stereocenters. The number of carbonyl (C=O) groups excluding carboxylic acids is 1. The van der Waals surface area contributed by atoms with Crippen LogP contribution in [0, 0.1) is 6.92 Å². The molecule has 1 amide bonds. The number of H-pyrrole nitrogens is 1. The molecule has 0 aliphatic carbocycles. The SMILES string of the molecule is Cc1ncc2ccccc2c1C(=O)Nc1n[nH]c(-c2cnn(C)c2)n1. The number of nitrogens with one attached hydrogen (secondary N) is 2. The second kappa shape index (κ2) is 5.82. The summed E-state index contributed by atoms with van der Waals surface area (Å²) in [5, 5.41) is 15.4. The Morgan fingerprint density at radius 2 is 2.08 bits per heavy atom. The predicted octanol–water partition coefficient (Wildman–Crippen LogP) is 2.31. The quantitative estimate of drug-likeness (QED) is 0.599. The number of aromatic nitrogens is 6. The number of hydrogen-bond acceptors (Lipinski definition) is 5. The first-order chi connectivity index (χ1) is 12.1. The third-order valence-corrected chi connectivity index (χ3v) is 3.91. The average Bonchev–Trinajstić information content (AvgIpc) is 3.23. The summed E-state index contributed by atoms with van der Waals surface area (Å²) in [6, 6.07) is 7.63. The number of nitrogens with zero attached hydrogens (tertiary/aromatic N) is 5. The second-order valence-corrected chi connectivity index (χ2v) is 5.67. The highest BCUT2D eigenvalue weighted by Crippen LogP contribution is 2.21. The summed E-state index contributed by atoms with van der Waals surface area (Å²) in [6.45, 7) is 1.81. The number of aromatic amines is 1. The number of amides is 1. The van der Waals surface area contributed by atoms with Crippen molar-refractivity contribution in [1.29, 1.82) is 0 Å². The molecule has 0 unspecified atom stereocenters. The van der Waals surface area contributed by atoms with E-state index >= 15 is 0 Å². The lowest BCUT2D eigenvalue weighted by atomic mass is 10.0. The number of benzene rings is 1. The molecule has 0 saturated carbocycles. The van der Waals surface area contributed by atoms with E-state index in [0.29, 0.717) is 17.1 Å². The summed E-state index contributed by atoms with van der Waals surface area (Å²) in [6.07, 6.45) is 5.24. The first-order valence-corrected chi connectivity index (χ1v) is 7.69. The zero-order chi connectivity index (χ0) is 17.4. The van der Waals surface area contributed by atoms with Crippen LogP contribution in [-0.4, -0.2) is 35.9 Å². The Balaban J connectivity index is 1.65. The molecule has 2 N–H and O–H groups in total. The van der Waals surface area contributed by atoms with Crippen LogP contribution >= 0.6 is 0 Å². The molecule has 1 aromatic carbocycles. The van der Waals surface area contributed by atoms with Crippen LogP contribution in [0.25, 0.3) is 22.2 Å². The Bertz CT molecular complexity index is 1080. The third-order valence-electron chi connectivity index (χ3n) is 3.91. The molecule has 3 heterocycles. The zero-order valence-corrected chi connectivity index (χ0v) is 13.7. The summed E-state index contributed by atoms with van der Waals surface area (Å²) in [7, 11) is 1.82. The van der Waals surface area contributed by atoms with Gasteiger partial charge in [0.1, 0.15) is 0 Å². The van der Waals surface area contributed by atoms with Gasteiger partial charge in [0.25, 0.3) is 5.91 Å². The van der Waals surface area contributed by atoms with Crippen molar-refractivity contribution in [1.82, 2.24) is 29.9 Å². The topological polar surface area (TPSA) is 101 Å². The fourth-order valence-corrected chi connectivity index (χ4v) is 2.70. The van der Waals surface area contributed by atoms with Gasteiger partial charge in [-0.15, -0.1) is 5.10 Å². The maximum atomic E-state index is 12.7. The van der Waals surface area contributed by atoms with Crippen LogP contribution in [0.5, 0.6) is 0 Å². The molecule has 0 aliphatic rings. The van der Waals surface area contributed by atoms with Gasteiger partial charge < -0.3 is 0 Å². The molecule has 0 bridgehead atoms. The Morgan fingerprint density at radius 3 is 2.88 bits per heavy atom. The molecule has 25 heavy (non-hydrogen) atoms. The van der Waals surface area contributed by atoms with E-state index in [1.165, 1.54) is 0 Å². The lowest BCUT2D eigenvalue weighted by Crippen LogP contribution is -2.15. The summed E-state index contributed by atoms with van der Waals surface area (Å²) >= 11 is 0. The number of fused-ring (bicyclic) bond motifs is 1. The average molecular weight is 333 g/mol. The minimum atomic E-state index is -0.293. The smallest absolute Gasteiger partial charge is 0.260 e. The number of anilines is 1. The van der Waals surface area contributed by atoms with Crippen LogP contribution in [0.2, 0.25) is 0 Å². The minimum Gasteiger partial charge on any atom is -0.289 e. The second-order valence-electron chi connectivity index (χ2n) is 5.67. The van der Waals surface area contributed by atoms with Gasteiger partial charge in [-0.25, -0.2) is 0 Å². The van der Waals surface area contributed by atoms with E-state index < -0.39 is 0 Å². The van der Waals surface area contributed by atoms with E-state index in [-0.39, 0.29) is 11.9 Å². The summed E-state index contributed by atoms with van der Waals surface area (Å²) in [4.78, 5) is 21.3. The Labute approximate surface area is 142 Å². The van der Waals surface area contributed by atoms with Crippen LogP contribution in [0.15, 0.2) is 42.9 Å². The van der Waals surface area contributed by atoms with Gasteiger partial charge in [0.05, 0.1) is 23.0 Å². The highest BCUT2D eigenvalue weighted by molar-refractivity contribution is 6.13. The summed E-state index contributed by atoms with van der Waals surface area (Å²) in [5.74, 6) is 0.450. The predicted molar refractivity (Wildman–Crippen MR) is 93.0 cm³/mol. The normalized spacial score (nSPS) is 11.0. The highest BCUT2D eigenvalue weighted by atomic mass is 16.1. The van der Waals surface area contributed by atoms with E-state index in [9.17, 15) is 4.79 Å². The number of pyridine rings is 1. The molecule has 0 spiro atoms. The van der Waals surface area contributed by atoms with Crippen molar-refractivity contribution < 1.29 is 4.79 Å². The molecule has 124 valence electrons. The summed E-state index contributed by atoms with van der Waals surface area (Å²) < 4.78 is 1.67. The number of hydrogen-bond donors (Lipinski definition) is 2. The maximum absolute atomic E-state index is 12.7. The van der Waals surface area contributed by atoms with Gasteiger partial charge in [-0.05, 0) is 12.3 Å². The lowest BCUT2D eigenvalue weighted by Gasteiger charge is -2.08. The zero-order valence-electron chi connectivity index (χ0n) is 13.7. The van der Waals surface area contributed by atoms with Gasteiger partial charge >= 0.3 is 0 Å². The fraction of sp³-hybridized carbons (Fsp3) is 0.118. The van der Waals surface area contributed by atoms with E-state index in [0.717, 1.165) is 16.3 Å². The summed E-state index contributed by atoms with van der Waals surface area (Å²) in [5.41, 5.74) is 1.96. The number of aryl methyl sites for hydroxylation is 2. The van der Waals surface area contributed by atoms with Gasteiger partial charge in [0, 0.05) is 24.8 Å². The number of rotatable bonds is 3. The molecule has 0 saturated heterocycles. The van der Waals surface area contributed by atoms with Gasteiger partial charge in [-0.1, -0.05) is 24.3 Å². The van der Waals surface area contributed by atoms with Crippen molar-refractivity contribution in [3.63, 3.8) is 0 Å². The van der Waals surface area contributed by atoms with Gasteiger partial charge in [0.2, 0.25) is 5.95 Å². The van der Waals surface area contributed by atoms with Crippen LogP contribution in [0.1, 0.15) is 16.1 Å². The molecule has 8 heteroatoms. The monoisotopic (exact) mass is 333 g/mol. The molecular weight excluding hydrogens is 318 g/mol. The van der Waals surface area contributed by atoms with E-state index in [1.54, 1.807) is 24.0 Å². The fourth-order valence-electron chi connectivity index (χ4n) is 2.70. The molecule has 0 radical (unpaired) electrons. The van der Waals surface area contributed by atoms with Crippen molar-refractivity contribution in [3.05, 3.63) is 54.1 Å². The first-order valence-electron chi connectivity index (χ1n) is 7.69. The van der Waals surface area contributed by atoms with Crippen LogP contribution in [0.4, 0.5) is 5.95 Å². The standard InChI is InChI=1S/C17H15N7O/c1-10-14(13-6-4-3-5-11(13)7-18-10)16(25)21-17-20-15(22-23-17)12-8-19-24(2)9-12/h3-9H,1-2H3,(H2,20,21,22,23,25). The van der Waals surface area contributed by atoms with Crippen molar-refractivity contribution in [3.8, 4) is 11.4 Å². The largest absolute Gasteiger partial charge is 0.289 e. The van der Waals surface area contributed by atoms with Gasteiger partial charge in [0.15, 0.2) is 5.82 Å². The van der Waals surface area contributed by atoms with Gasteiger partial charge in [-0.3, -0.25) is 24.9 Å². The van der Waals surface area contributed by atoms with Crippen molar-refractivity contribution >= 4 is 22.6 Å². The molecular formula is C17H15N7O. The first kappa shape index (κ1) is 15.0.